The standard InChI is InChI=1S/C12H15N3O2/c1-3-15-10(11(13)14-12(15)16)8-6-4-5-7-9(8)17-2/h4-7,10H,3H2,1-2H3,(H2,13,14,16). The molecule has 0 spiro atoms. The van der Waals surface area contributed by atoms with Crippen LogP contribution in [0.2, 0.25) is 0 Å². The minimum absolute atomic E-state index is 0.291. The fourth-order valence-electron chi connectivity index (χ4n) is 2.04. The first kappa shape index (κ1) is 11.4. The van der Waals surface area contributed by atoms with Crippen molar-refractivity contribution >= 4 is 11.9 Å². The van der Waals surface area contributed by atoms with E-state index in [1.54, 1.807) is 12.0 Å². The lowest BCUT2D eigenvalue weighted by molar-refractivity contribution is 0.209. The molecule has 90 valence electrons. The highest BCUT2D eigenvalue weighted by atomic mass is 16.5. The number of carbonyl (C=O) groups is 1. The molecule has 2 N–H and O–H groups in total. The maximum absolute atomic E-state index is 11.6. The third-order valence-electron chi connectivity index (χ3n) is 2.84. The Hall–Kier alpha value is -2.04. The van der Waals surface area contributed by atoms with Crippen molar-refractivity contribution in [2.45, 2.75) is 13.0 Å². The van der Waals surface area contributed by atoms with Crippen molar-refractivity contribution in [3.8, 4) is 5.75 Å². The van der Waals surface area contributed by atoms with E-state index in [0.29, 0.717) is 18.1 Å². The summed E-state index contributed by atoms with van der Waals surface area (Å²) >= 11 is 0. The molecule has 17 heavy (non-hydrogen) atoms. The molecule has 2 amide bonds. The summed E-state index contributed by atoms with van der Waals surface area (Å²) < 4.78 is 5.29. The van der Waals surface area contributed by atoms with Crippen molar-refractivity contribution in [1.82, 2.24) is 4.90 Å². The van der Waals surface area contributed by atoms with Gasteiger partial charge in [0.05, 0.1) is 7.11 Å². The number of para-hydroxylation sites is 1. The van der Waals surface area contributed by atoms with Gasteiger partial charge in [0.1, 0.15) is 17.6 Å². The Morgan fingerprint density at radius 1 is 1.47 bits per heavy atom. The van der Waals surface area contributed by atoms with Gasteiger partial charge in [0.25, 0.3) is 0 Å². The van der Waals surface area contributed by atoms with Gasteiger partial charge in [-0.1, -0.05) is 18.2 Å². The van der Waals surface area contributed by atoms with Gasteiger partial charge in [0, 0.05) is 12.1 Å². The zero-order valence-corrected chi connectivity index (χ0v) is 9.88. The smallest absolute Gasteiger partial charge is 0.346 e. The first-order valence-electron chi connectivity index (χ1n) is 5.46. The number of nitrogens with zero attached hydrogens (tertiary/aromatic N) is 2. The third-order valence-corrected chi connectivity index (χ3v) is 2.84. The fourth-order valence-corrected chi connectivity index (χ4v) is 2.04. The van der Waals surface area contributed by atoms with Crippen LogP contribution in [0.3, 0.4) is 0 Å². The van der Waals surface area contributed by atoms with Gasteiger partial charge >= 0.3 is 6.03 Å². The van der Waals surface area contributed by atoms with Crippen LogP contribution in [0.5, 0.6) is 5.75 Å². The predicted molar refractivity (Wildman–Crippen MR) is 65.1 cm³/mol. The van der Waals surface area contributed by atoms with Crippen molar-refractivity contribution in [3.63, 3.8) is 0 Å². The third kappa shape index (κ3) is 1.84. The second-order valence-electron chi connectivity index (χ2n) is 3.75. The number of benzene rings is 1. The lowest BCUT2D eigenvalue weighted by atomic mass is 10.0. The van der Waals surface area contributed by atoms with Gasteiger partial charge in [0.15, 0.2) is 0 Å². The second-order valence-corrected chi connectivity index (χ2v) is 3.75. The molecule has 0 aliphatic carbocycles. The Bertz CT molecular complexity index is 471. The number of amides is 2. The normalized spacial score (nSPS) is 19.4. The number of rotatable bonds is 3. The van der Waals surface area contributed by atoms with Gasteiger partial charge < -0.3 is 15.4 Å². The first-order valence-corrected chi connectivity index (χ1v) is 5.46. The van der Waals surface area contributed by atoms with E-state index in [-0.39, 0.29) is 12.1 Å². The van der Waals surface area contributed by atoms with Crippen LogP contribution in [0.1, 0.15) is 18.5 Å². The van der Waals surface area contributed by atoms with E-state index in [9.17, 15) is 4.79 Å². The average Bonchev–Trinajstić information content (AvgIpc) is 2.63. The van der Waals surface area contributed by atoms with Crippen molar-refractivity contribution in [3.05, 3.63) is 29.8 Å². The summed E-state index contributed by atoms with van der Waals surface area (Å²) in [7, 11) is 1.60. The molecule has 1 aliphatic heterocycles. The van der Waals surface area contributed by atoms with Crippen LogP contribution in [0.4, 0.5) is 4.79 Å². The summed E-state index contributed by atoms with van der Waals surface area (Å²) in [5, 5.41) is 0. The molecule has 0 aromatic heterocycles. The highest BCUT2D eigenvalue weighted by Crippen LogP contribution is 2.32. The number of hydrogen-bond acceptors (Lipinski definition) is 3. The van der Waals surface area contributed by atoms with E-state index >= 15 is 0 Å². The highest BCUT2D eigenvalue weighted by molar-refractivity contribution is 6.03. The molecule has 1 heterocycles. The van der Waals surface area contributed by atoms with E-state index in [4.69, 9.17) is 10.5 Å². The van der Waals surface area contributed by atoms with Gasteiger partial charge in [-0.2, -0.15) is 4.99 Å². The molecule has 0 saturated heterocycles. The number of nitrogens with two attached hydrogens (primary N) is 1. The molecule has 0 saturated carbocycles. The lowest BCUT2D eigenvalue weighted by Gasteiger charge is -2.24. The Morgan fingerprint density at radius 3 is 2.82 bits per heavy atom. The van der Waals surface area contributed by atoms with E-state index in [1.807, 2.05) is 31.2 Å². The molecule has 2 rings (SSSR count). The number of methoxy groups -OCH3 is 1. The van der Waals surface area contributed by atoms with Gasteiger partial charge in [-0.25, -0.2) is 4.79 Å². The molecule has 0 bridgehead atoms. The predicted octanol–water partition coefficient (Wildman–Crippen LogP) is 1.55. The number of hydrogen-bond donors (Lipinski definition) is 1. The molecule has 1 unspecified atom stereocenters. The molecule has 5 heteroatoms. The summed E-state index contributed by atoms with van der Waals surface area (Å²) in [4.78, 5) is 17.0. The quantitative estimate of drug-likeness (QED) is 0.861. The highest BCUT2D eigenvalue weighted by Gasteiger charge is 2.34. The van der Waals surface area contributed by atoms with Crippen molar-refractivity contribution < 1.29 is 9.53 Å². The summed E-state index contributed by atoms with van der Waals surface area (Å²) in [5.41, 5.74) is 6.69. The average molecular weight is 233 g/mol. The van der Waals surface area contributed by atoms with Crippen molar-refractivity contribution in [2.24, 2.45) is 10.7 Å². The Labute approximate surface area is 99.9 Å². The Balaban J connectivity index is 2.45. The van der Waals surface area contributed by atoms with Gasteiger partial charge in [-0.3, -0.25) is 0 Å². The molecular weight excluding hydrogens is 218 g/mol. The summed E-state index contributed by atoms with van der Waals surface area (Å²) in [5.74, 6) is 1.03. The molecule has 1 aliphatic rings. The molecule has 0 radical (unpaired) electrons. The zero-order valence-electron chi connectivity index (χ0n) is 9.88. The molecule has 1 aromatic carbocycles. The van der Waals surface area contributed by atoms with Crippen LogP contribution >= 0.6 is 0 Å². The molecular formula is C12H15N3O2. The van der Waals surface area contributed by atoms with Crippen LogP contribution < -0.4 is 10.5 Å². The van der Waals surface area contributed by atoms with E-state index in [1.165, 1.54) is 0 Å². The lowest BCUT2D eigenvalue weighted by Crippen LogP contribution is -2.33. The van der Waals surface area contributed by atoms with E-state index in [0.717, 1.165) is 5.56 Å². The van der Waals surface area contributed by atoms with Crippen molar-refractivity contribution in [2.75, 3.05) is 13.7 Å². The van der Waals surface area contributed by atoms with Crippen molar-refractivity contribution in [1.29, 1.82) is 0 Å². The van der Waals surface area contributed by atoms with Gasteiger partial charge in [-0.15, -0.1) is 0 Å². The fraction of sp³-hybridized carbons (Fsp3) is 0.333. The Kier molecular flexibility index (Phi) is 2.99. The minimum Gasteiger partial charge on any atom is -0.496 e. The molecule has 5 nitrogen and oxygen atoms in total. The van der Waals surface area contributed by atoms with Crippen LogP contribution in [-0.2, 0) is 0 Å². The number of amidine groups is 1. The zero-order chi connectivity index (χ0) is 12.4. The number of likely N-dealkylation sites (N-methyl/N-ethyl adjacent to an activating group) is 1. The first-order chi connectivity index (χ1) is 8.19. The number of aliphatic imine (C=N–C) groups is 1. The largest absolute Gasteiger partial charge is 0.496 e. The topological polar surface area (TPSA) is 67.9 Å². The number of urea groups is 1. The summed E-state index contributed by atoms with van der Waals surface area (Å²) in [6.45, 7) is 2.46. The van der Waals surface area contributed by atoms with Crippen LogP contribution in [-0.4, -0.2) is 30.4 Å². The van der Waals surface area contributed by atoms with Crippen LogP contribution in [0, 0.1) is 0 Å². The Morgan fingerprint density at radius 2 is 2.18 bits per heavy atom. The number of ether oxygens (including phenoxy) is 1. The maximum Gasteiger partial charge on any atom is 0.346 e. The molecule has 0 fully saturated rings. The van der Waals surface area contributed by atoms with Crippen LogP contribution in [0.15, 0.2) is 29.3 Å². The minimum atomic E-state index is -0.316. The van der Waals surface area contributed by atoms with E-state index in [2.05, 4.69) is 4.99 Å². The summed E-state index contributed by atoms with van der Waals surface area (Å²) in [6.07, 6.45) is 0. The second kappa shape index (κ2) is 4.45. The monoisotopic (exact) mass is 233 g/mol. The van der Waals surface area contributed by atoms with Gasteiger partial charge in [0.2, 0.25) is 0 Å². The van der Waals surface area contributed by atoms with Gasteiger partial charge in [-0.05, 0) is 13.0 Å². The molecule has 1 aromatic rings. The maximum atomic E-state index is 11.6. The van der Waals surface area contributed by atoms with E-state index < -0.39 is 0 Å². The number of carbonyl (C=O) groups excluding carboxylic acids is 1. The summed E-state index contributed by atoms with van der Waals surface area (Å²) in [6, 6.07) is 6.90. The SMILES string of the molecule is CCN1C(=O)N=C(N)C1c1ccccc1OC. The molecule has 1 atom stereocenters. The van der Waals surface area contributed by atoms with Crippen LogP contribution in [0.25, 0.3) is 0 Å².